The minimum Gasteiger partial charge on any atom is -0.393 e. The van der Waals surface area contributed by atoms with Crippen molar-refractivity contribution >= 4 is 34.5 Å². The number of fused-ring (bicyclic) bond motifs is 2. The van der Waals surface area contributed by atoms with Gasteiger partial charge in [0.25, 0.3) is 0 Å². The number of nitrogens with zero attached hydrogens (tertiary/aromatic N) is 1. The lowest BCUT2D eigenvalue weighted by molar-refractivity contribution is 0.126. The van der Waals surface area contributed by atoms with Gasteiger partial charge in [0.05, 0.1) is 16.7 Å². The molecule has 5 heteroatoms. The Labute approximate surface area is 123 Å². The van der Waals surface area contributed by atoms with Crippen molar-refractivity contribution < 1.29 is 5.11 Å². The van der Waals surface area contributed by atoms with E-state index in [1.54, 1.807) is 0 Å². The molecule has 2 atom stereocenters. The van der Waals surface area contributed by atoms with Gasteiger partial charge in [-0.15, -0.1) is 0 Å². The van der Waals surface area contributed by atoms with Gasteiger partial charge in [0.15, 0.2) is 0 Å². The lowest BCUT2D eigenvalue weighted by Crippen LogP contribution is -2.45. The van der Waals surface area contributed by atoms with Crippen LogP contribution < -0.4 is 10.6 Å². The quantitative estimate of drug-likeness (QED) is 0.823. The predicted molar refractivity (Wildman–Crippen MR) is 81.9 cm³/mol. The van der Waals surface area contributed by atoms with Gasteiger partial charge in [-0.05, 0) is 37.8 Å². The zero-order valence-corrected chi connectivity index (χ0v) is 12.1. The molecule has 0 saturated carbocycles. The third-order valence-electron chi connectivity index (χ3n) is 4.22. The first-order valence-electron chi connectivity index (χ1n) is 6.62. The van der Waals surface area contributed by atoms with Crippen molar-refractivity contribution in [2.75, 3.05) is 4.90 Å². The fourth-order valence-corrected chi connectivity index (χ4v) is 4.06. The molecule has 2 heterocycles. The van der Waals surface area contributed by atoms with Gasteiger partial charge >= 0.3 is 0 Å². The molecule has 0 amide bonds. The van der Waals surface area contributed by atoms with Gasteiger partial charge in [0.1, 0.15) is 4.99 Å². The molecule has 2 saturated heterocycles. The van der Waals surface area contributed by atoms with Gasteiger partial charge in [-0.2, -0.15) is 0 Å². The maximum atomic E-state index is 9.88. The largest absolute Gasteiger partial charge is 0.393 e. The fourth-order valence-electron chi connectivity index (χ4n) is 3.51. The van der Waals surface area contributed by atoms with Gasteiger partial charge in [-0.25, -0.2) is 0 Å². The maximum Gasteiger partial charge on any atom is 0.107 e. The Morgan fingerprint density at radius 3 is 2.53 bits per heavy atom. The summed E-state index contributed by atoms with van der Waals surface area (Å²) in [5.41, 5.74) is 7.63. The van der Waals surface area contributed by atoms with E-state index in [0.717, 1.165) is 36.9 Å². The Kier molecular flexibility index (Phi) is 3.41. The Balaban J connectivity index is 2.04. The van der Waals surface area contributed by atoms with E-state index in [2.05, 4.69) is 4.90 Å². The minimum atomic E-state index is -0.179. The summed E-state index contributed by atoms with van der Waals surface area (Å²) in [7, 11) is 0. The van der Waals surface area contributed by atoms with Gasteiger partial charge in [-0.1, -0.05) is 29.9 Å². The first-order valence-corrected chi connectivity index (χ1v) is 7.41. The number of halogens is 1. The average molecular weight is 297 g/mol. The van der Waals surface area contributed by atoms with Crippen LogP contribution in [0.25, 0.3) is 0 Å². The van der Waals surface area contributed by atoms with Crippen molar-refractivity contribution in [2.24, 2.45) is 5.73 Å². The minimum absolute atomic E-state index is 0.179. The molecule has 3 nitrogen and oxygen atoms in total. The van der Waals surface area contributed by atoms with E-state index in [1.165, 1.54) is 0 Å². The van der Waals surface area contributed by atoms with E-state index in [0.29, 0.717) is 22.1 Å². The molecule has 2 aliphatic rings. The van der Waals surface area contributed by atoms with Gasteiger partial charge < -0.3 is 15.7 Å². The number of rotatable bonds is 2. The molecule has 0 aromatic heterocycles. The third kappa shape index (κ3) is 2.22. The van der Waals surface area contributed by atoms with Crippen LogP contribution in [-0.4, -0.2) is 28.3 Å². The average Bonchev–Trinajstić information content (AvgIpc) is 2.60. The van der Waals surface area contributed by atoms with Crippen LogP contribution >= 0.6 is 23.8 Å². The molecule has 2 bridgehead atoms. The Hall–Kier alpha value is -0.840. The van der Waals surface area contributed by atoms with Gasteiger partial charge in [0.2, 0.25) is 0 Å². The van der Waals surface area contributed by atoms with E-state index in [-0.39, 0.29) is 6.10 Å². The number of thiocarbonyl (C=S) groups is 1. The van der Waals surface area contributed by atoms with Crippen LogP contribution in [0.5, 0.6) is 0 Å². The van der Waals surface area contributed by atoms with Crippen molar-refractivity contribution in [2.45, 2.75) is 43.9 Å². The number of anilines is 1. The standard InChI is InChI=1S/C14H17ClN2OS/c15-11-2-1-3-12(13(11)14(16)19)17-8-4-5-9(17)7-10(18)6-8/h1-3,8-10,18H,4-7H2,(H2,16,19). The topological polar surface area (TPSA) is 49.5 Å². The number of aliphatic hydroxyl groups excluding tert-OH is 1. The molecule has 3 rings (SSSR count). The van der Waals surface area contributed by atoms with E-state index in [4.69, 9.17) is 29.6 Å². The first-order chi connectivity index (χ1) is 9.08. The Morgan fingerprint density at radius 2 is 1.95 bits per heavy atom. The van der Waals surface area contributed by atoms with Crippen LogP contribution in [0.3, 0.4) is 0 Å². The van der Waals surface area contributed by atoms with Crippen molar-refractivity contribution in [1.82, 2.24) is 0 Å². The molecule has 0 aliphatic carbocycles. The number of hydrogen-bond donors (Lipinski definition) is 2. The molecular formula is C14H17ClN2OS. The third-order valence-corrected chi connectivity index (χ3v) is 4.74. The lowest BCUT2D eigenvalue weighted by Gasteiger charge is -2.40. The summed E-state index contributed by atoms with van der Waals surface area (Å²) in [5, 5.41) is 10.5. The number of piperidine rings is 1. The zero-order chi connectivity index (χ0) is 13.6. The van der Waals surface area contributed by atoms with Gasteiger partial charge in [0, 0.05) is 17.8 Å². The maximum absolute atomic E-state index is 9.88. The van der Waals surface area contributed by atoms with Crippen LogP contribution in [0.1, 0.15) is 31.2 Å². The summed E-state index contributed by atoms with van der Waals surface area (Å²) < 4.78 is 0. The molecule has 1 aromatic carbocycles. The summed E-state index contributed by atoms with van der Waals surface area (Å²) >= 11 is 11.4. The predicted octanol–water partition coefficient (Wildman–Crippen LogP) is 2.47. The molecule has 0 radical (unpaired) electrons. The highest BCUT2D eigenvalue weighted by Crippen LogP contribution is 2.41. The van der Waals surface area contributed by atoms with Crippen molar-refractivity contribution in [3.05, 3.63) is 28.8 Å². The molecule has 2 fully saturated rings. The second-order valence-corrected chi connectivity index (χ2v) is 6.26. The van der Waals surface area contributed by atoms with Crippen LogP contribution in [0.2, 0.25) is 5.02 Å². The summed E-state index contributed by atoms with van der Waals surface area (Å²) in [6.07, 6.45) is 3.69. The molecular weight excluding hydrogens is 280 g/mol. The second kappa shape index (κ2) is 4.93. The van der Waals surface area contributed by atoms with E-state index >= 15 is 0 Å². The van der Waals surface area contributed by atoms with Gasteiger partial charge in [-0.3, -0.25) is 0 Å². The summed E-state index contributed by atoms with van der Waals surface area (Å²) in [6, 6.07) is 6.54. The van der Waals surface area contributed by atoms with Crippen LogP contribution in [0.4, 0.5) is 5.69 Å². The smallest absolute Gasteiger partial charge is 0.107 e. The number of benzene rings is 1. The number of nitrogens with two attached hydrogens (primary N) is 1. The second-order valence-electron chi connectivity index (χ2n) is 5.42. The fraction of sp³-hybridized carbons (Fsp3) is 0.500. The van der Waals surface area contributed by atoms with Crippen LogP contribution in [0.15, 0.2) is 18.2 Å². The lowest BCUT2D eigenvalue weighted by atomic mass is 9.97. The number of hydrogen-bond acceptors (Lipinski definition) is 3. The normalized spacial score (nSPS) is 29.6. The zero-order valence-electron chi connectivity index (χ0n) is 10.6. The molecule has 3 N–H and O–H groups in total. The van der Waals surface area contributed by atoms with Crippen molar-refractivity contribution in [3.8, 4) is 0 Å². The number of aliphatic hydroxyl groups is 1. The highest BCUT2D eigenvalue weighted by molar-refractivity contribution is 7.80. The van der Waals surface area contributed by atoms with Crippen molar-refractivity contribution in [1.29, 1.82) is 0 Å². The van der Waals surface area contributed by atoms with E-state index < -0.39 is 0 Å². The Morgan fingerprint density at radius 1 is 1.32 bits per heavy atom. The van der Waals surface area contributed by atoms with Crippen LogP contribution in [0, 0.1) is 0 Å². The molecule has 2 unspecified atom stereocenters. The molecule has 0 spiro atoms. The molecule has 2 aliphatic heterocycles. The summed E-state index contributed by atoms with van der Waals surface area (Å²) in [5.74, 6) is 0. The van der Waals surface area contributed by atoms with E-state index in [9.17, 15) is 5.11 Å². The summed E-state index contributed by atoms with van der Waals surface area (Å²) in [6.45, 7) is 0. The van der Waals surface area contributed by atoms with E-state index in [1.807, 2.05) is 18.2 Å². The Bertz CT molecular complexity index is 508. The van der Waals surface area contributed by atoms with Crippen molar-refractivity contribution in [3.63, 3.8) is 0 Å². The molecule has 1 aromatic rings. The SMILES string of the molecule is NC(=S)c1c(Cl)cccc1N1C2CCC1CC(O)C2. The highest BCUT2D eigenvalue weighted by Gasteiger charge is 2.41. The van der Waals surface area contributed by atoms with Crippen LogP contribution in [-0.2, 0) is 0 Å². The molecule has 19 heavy (non-hydrogen) atoms. The first kappa shape index (κ1) is 13.2. The highest BCUT2D eigenvalue weighted by atomic mass is 35.5. The monoisotopic (exact) mass is 296 g/mol. The summed E-state index contributed by atoms with van der Waals surface area (Å²) in [4.78, 5) is 2.71. The molecule has 102 valence electrons.